The molecule has 1 heterocycles. The van der Waals surface area contributed by atoms with Crippen molar-refractivity contribution in [1.29, 1.82) is 0 Å². The van der Waals surface area contributed by atoms with Crippen LogP contribution in [-0.2, 0) is 0 Å². The number of aliphatic hydroxyl groups excluding tert-OH is 4. The highest BCUT2D eigenvalue weighted by atomic mass is 32.2. The van der Waals surface area contributed by atoms with Crippen LogP contribution in [0.5, 0.6) is 0 Å². The van der Waals surface area contributed by atoms with Crippen molar-refractivity contribution in [3.8, 4) is 0 Å². The molecule has 14 heavy (non-hydrogen) atoms. The van der Waals surface area contributed by atoms with Crippen molar-refractivity contribution in [3.05, 3.63) is 10.4 Å². The van der Waals surface area contributed by atoms with Crippen LogP contribution in [0.4, 0.5) is 0 Å². The molecule has 0 bridgehead atoms. The topological polar surface area (TPSA) is 130 Å². The maximum Gasteiger partial charge on any atom is 0.112 e. The fourth-order valence-electron chi connectivity index (χ4n) is 1.23. The van der Waals surface area contributed by atoms with Crippen LogP contribution >= 0.6 is 11.8 Å². The quantitative estimate of drug-likeness (QED) is 0.265. The van der Waals surface area contributed by atoms with E-state index >= 15 is 0 Å². The average Bonchev–Trinajstić information content (AvgIpc) is 2.19. The second-order valence-electron chi connectivity index (χ2n) is 2.92. The van der Waals surface area contributed by atoms with Gasteiger partial charge < -0.3 is 20.4 Å². The van der Waals surface area contributed by atoms with Crippen molar-refractivity contribution in [2.24, 2.45) is 5.11 Å². The van der Waals surface area contributed by atoms with E-state index in [1.54, 1.807) is 0 Å². The van der Waals surface area contributed by atoms with E-state index in [9.17, 15) is 15.3 Å². The highest BCUT2D eigenvalue weighted by Crippen LogP contribution is 2.33. The summed E-state index contributed by atoms with van der Waals surface area (Å²) in [6.07, 6.45) is -3.93. The largest absolute Gasteiger partial charge is 0.395 e. The minimum absolute atomic E-state index is 0.354. The molecule has 1 aliphatic heterocycles. The van der Waals surface area contributed by atoms with Crippen LogP contribution in [0.1, 0.15) is 0 Å². The zero-order valence-corrected chi connectivity index (χ0v) is 7.95. The fraction of sp³-hybridized carbons (Fsp3) is 1.00. The third kappa shape index (κ3) is 2.11. The van der Waals surface area contributed by atoms with Gasteiger partial charge in [-0.2, -0.15) is 0 Å². The molecule has 5 atom stereocenters. The van der Waals surface area contributed by atoms with Crippen molar-refractivity contribution in [2.45, 2.75) is 28.9 Å². The molecular weight excluding hydrogens is 210 g/mol. The Morgan fingerprint density at radius 3 is 2.36 bits per heavy atom. The van der Waals surface area contributed by atoms with E-state index in [2.05, 4.69) is 10.0 Å². The Labute approximate surface area is 84.0 Å². The Balaban J connectivity index is 2.77. The first kappa shape index (κ1) is 11.6. The first-order chi connectivity index (χ1) is 6.61. The molecule has 1 fully saturated rings. The molecule has 7 nitrogen and oxygen atoms in total. The van der Waals surface area contributed by atoms with Crippen molar-refractivity contribution in [2.75, 3.05) is 6.61 Å². The normalized spacial score (nSPS) is 43.0. The number of nitrogens with zero attached hydrogens (tertiary/aromatic N) is 3. The number of hydrogen-bond donors (Lipinski definition) is 4. The zero-order chi connectivity index (χ0) is 10.7. The van der Waals surface area contributed by atoms with Crippen molar-refractivity contribution in [3.63, 3.8) is 0 Å². The third-order valence-corrected chi connectivity index (χ3v) is 3.46. The Hall–Kier alpha value is -0.500. The maximum atomic E-state index is 9.37. The molecule has 4 N–H and O–H groups in total. The van der Waals surface area contributed by atoms with Crippen LogP contribution in [0.25, 0.3) is 10.4 Å². The molecule has 0 saturated carbocycles. The van der Waals surface area contributed by atoms with Gasteiger partial charge >= 0.3 is 0 Å². The highest BCUT2D eigenvalue weighted by molar-refractivity contribution is 8.00. The van der Waals surface area contributed by atoms with Gasteiger partial charge in [0.1, 0.15) is 17.6 Å². The summed E-state index contributed by atoms with van der Waals surface area (Å²) in [7, 11) is 0. The summed E-state index contributed by atoms with van der Waals surface area (Å²) in [4.78, 5) is 2.51. The number of thioether (sulfide) groups is 1. The molecule has 0 unspecified atom stereocenters. The monoisotopic (exact) mass is 221 g/mol. The first-order valence-corrected chi connectivity index (χ1v) is 4.90. The SMILES string of the molecule is [N-]=[N+]=N[C@H]1S[C@H](CO)[C@@H](O)[C@H](O)[C@H]1O. The van der Waals surface area contributed by atoms with Crippen molar-refractivity contribution < 1.29 is 20.4 Å². The molecule has 80 valence electrons. The summed E-state index contributed by atoms with van der Waals surface area (Å²) < 4.78 is 0. The van der Waals surface area contributed by atoms with Crippen LogP contribution in [0.3, 0.4) is 0 Å². The van der Waals surface area contributed by atoms with E-state index < -0.39 is 28.9 Å². The lowest BCUT2D eigenvalue weighted by molar-refractivity contribution is -0.0690. The molecule has 0 spiro atoms. The second kappa shape index (κ2) is 4.83. The van der Waals surface area contributed by atoms with Crippen molar-refractivity contribution >= 4 is 11.8 Å². The van der Waals surface area contributed by atoms with E-state index in [4.69, 9.17) is 10.6 Å². The van der Waals surface area contributed by atoms with Gasteiger partial charge in [0.05, 0.1) is 18.0 Å². The van der Waals surface area contributed by atoms with E-state index in [0.29, 0.717) is 0 Å². The van der Waals surface area contributed by atoms with Gasteiger partial charge in [-0.25, -0.2) is 0 Å². The molecule has 0 aromatic heterocycles. The number of rotatable bonds is 2. The van der Waals surface area contributed by atoms with Gasteiger partial charge in [-0.3, -0.25) is 0 Å². The minimum Gasteiger partial charge on any atom is -0.395 e. The molecular formula is C6H11N3O4S. The van der Waals surface area contributed by atoms with Crippen LogP contribution in [0.2, 0.25) is 0 Å². The minimum atomic E-state index is -1.40. The lowest BCUT2D eigenvalue weighted by Gasteiger charge is -2.37. The Bertz CT molecular complexity index is 245. The Morgan fingerprint density at radius 2 is 1.86 bits per heavy atom. The van der Waals surface area contributed by atoms with Gasteiger partial charge in [0, 0.05) is 4.91 Å². The standard InChI is InChI=1S/C6H11N3O4S/c7-9-8-6-5(13)4(12)3(11)2(1-10)14-6/h2-6,10-13H,1H2/t2-,3-,4+,5-,6+/m1/s1. The van der Waals surface area contributed by atoms with Gasteiger partial charge in [-0.1, -0.05) is 5.11 Å². The van der Waals surface area contributed by atoms with Crippen LogP contribution in [0, 0.1) is 0 Å². The molecule has 0 aromatic rings. The van der Waals surface area contributed by atoms with E-state index in [-0.39, 0.29) is 6.61 Å². The Kier molecular flexibility index (Phi) is 3.99. The lowest BCUT2D eigenvalue weighted by atomic mass is 10.0. The molecule has 1 rings (SSSR count). The zero-order valence-electron chi connectivity index (χ0n) is 7.13. The van der Waals surface area contributed by atoms with Crippen molar-refractivity contribution in [1.82, 2.24) is 0 Å². The van der Waals surface area contributed by atoms with Gasteiger partial charge in [-0.15, -0.1) is 11.8 Å². The number of azide groups is 1. The summed E-state index contributed by atoms with van der Waals surface area (Å²) in [6, 6.07) is 0. The summed E-state index contributed by atoms with van der Waals surface area (Å²) in [5.74, 6) is 0. The molecule has 0 aliphatic carbocycles. The summed E-state index contributed by atoms with van der Waals surface area (Å²) >= 11 is 0.946. The van der Waals surface area contributed by atoms with E-state index in [0.717, 1.165) is 11.8 Å². The maximum absolute atomic E-state index is 9.37. The lowest BCUT2D eigenvalue weighted by Crippen LogP contribution is -2.53. The van der Waals surface area contributed by atoms with Gasteiger partial charge in [0.2, 0.25) is 0 Å². The second-order valence-corrected chi connectivity index (χ2v) is 4.29. The highest BCUT2D eigenvalue weighted by Gasteiger charge is 2.42. The molecule has 0 aromatic carbocycles. The first-order valence-electron chi connectivity index (χ1n) is 3.96. The van der Waals surface area contributed by atoms with Crippen LogP contribution in [-0.4, -0.2) is 56.0 Å². The third-order valence-electron chi connectivity index (χ3n) is 2.03. The molecule has 1 aliphatic rings. The van der Waals surface area contributed by atoms with E-state index in [1.165, 1.54) is 0 Å². The van der Waals surface area contributed by atoms with Gasteiger partial charge in [-0.05, 0) is 5.53 Å². The number of hydrogen-bond acceptors (Lipinski definition) is 6. The smallest absolute Gasteiger partial charge is 0.112 e. The van der Waals surface area contributed by atoms with Crippen LogP contribution < -0.4 is 0 Å². The molecule has 1 saturated heterocycles. The Morgan fingerprint density at radius 1 is 1.21 bits per heavy atom. The predicted molar refractivity (Wildman–Crippen MR) is 49.4 cm³/mol. The molecule has 0 radical (unpaired) electrons. The fourth-order valence-corrected chi connectivity index (χ4v) is 2.41. The summed E-state index contributed by atoms with van der Waals surface area (Å²) in [5.41, 5.74) is 8.17. The summed E-state index contributed by atoms with van der Waals surface area (Å²) in [5, 5.41) is 38.7. The molecule has 8 heteroatoms. The molecule has 0 amide bonds. The van der Waals surface area contributed by atoms with E-state index in [1.807, 2.05) is 0 Å². The van der Waals surface area contributed by atoms with Crippen LogP contribution in [0.15, 0.2) is 5.11 Å². The average molecular weight is 221 g/mol. The predicted octanol–water partition coefficient (Wildman–Crippen LogP) is -1.19. The number of aliphatic hydroxyl groups is 4. The summed E-state index contributed by atoms with van der Waals surface area (Å²) in [6.45, 7) is -0.354. The van der Waals surface area contributed by atoms with Gasteiger partial charge in [0.15, 0.2) is 0 Å². The van der Waals surface area contributed by atoms with Gasteiger partial charge in [0.25, 0.3) is 0 Å².